The number of aryl methyl sites for hydroxylation is 1. The van der Waals surface area contributed by atoms with Crippen LogP contribution in [-0.2, 0) is 22.4 Å². The number of hydrogen-bond acceptors (Lipinski definition) is 4. The first-order valence-corrected chi connectivity index (χ1v) is 7.54. The molecule has 0 spiro atoms. The van der Waals surface area contributed by atoms with Crippen LogP contribution in [0.5, 0.6) is 0 Å². The zero-order valence-corrected chi connectivity index (χ0v) is 12.6. The second-order valence-electron chi connectivity index (χ2n) is 5.29. The predicted molar refractivity (Wildman–Crippen MR) is 73.4 cm³/mol. The standard InChI is InChI=1S/C13H17F3N2O2S/c1-7-3-4-9-10(5-7)21-12(17-9)18-11(19)8(2)20-6-13(14,15)16/h7-8H,3-6H2,1-2H3,(H,17,18,19). The predicted octanol–water partition coefficient (Wildman–Crippen LogP) is 3.17. The molecule has 0 aromatic carbocycles. The molecule has 8 heteroatoms. The van der Waals surface area contributed by atoms with Gasteiger partial charge in [-0.1, -0.05) is 6.92 Å². The van der Waals surface area contributed by atoms with Gasteiger partial charge >= 0.3 is 6.18 Å². The molecule has 0 saturated heterocycles. The average molecular weight is 322 g/mol. The van der Waals surface area contributed by atoms with Crippen LogP contribution in [0.25, 0.3) is 0 Å². The fourth-order valence-corrected chi connectivity index (χ4v) is 3.27. The summed E-state index contributed by atoms with van der Waals surface area (Å²) in [6, 6.07) is 0. The molecule has 2 atom stereocenters. The Hall–Kier alpha value is -1.15. The van der Waals surface area contributed by atoms with Crippen molar-refractivity contribution in [1.29, 1.82) is 0 Å². The Kier molecular flexibility index (Phi) is 4.88. The number of carbonyl (C=O) groups excluding carboxylic acids is 1. The maximum absolute atomic E-state index is 12.0. The molecule has 2 rings (SSSR count). The van der Waals surface area contributed by atoms with Gasteiger partial charge < -0.3 is 4.74 Å². The third-order valence-electron chi connectivity index (χ3n) is 3.28. The van der Waals surface area contributed by atoms with Gasteiger partial charge in [0.2, 0.25) is 0 Å². The van der Waals surface area contributed by atoms with E-state index in [2.05, 4.69) is 22.0 Å². The molecule has 4 nitrogen and oxygen atoms in total. The molecular formula is C13H17F3N2O2S. The average Bonchev–Trinajstić information content (AvgIpc) is 2.76. The number of ether oxygens (including phenoxy) is 1. The molecule has 0 fully saturated rings. The van der Waals surface area contributed by atoms with Crippen LogP contribution in [-0.4, -0.2) is 29.8 Å². The summed E-state index contributed by atoms with van der Waals surface area (Å²) in [5, 5.41) is 2.96. The van der Waals surface area contributed by atoms with E-state index in [1.807, 2.05) is 0 Å². The minimum atomic E-state index is -4.44. The third-order valence-corrected chi connectivity index (χ3v) is 4.32. The normalized spacial score (nSPS) is 20.0. The summed E-state index contributed by atoms with van der Waals surface area (Å²) < 4.78 is 40.6. The largest absolute Gasteiger partial charge is 0.411 e. The molecule has 21 heavy (non-hydrogen) atoms. The molecule has 0 radical (unpaired) electrons. The molecule has 0 saturated carbocycles. The van der Waals surface area contributed by atoms with E-state index in [-0.39, 0.29) is 0 Å². The zero-order valence-electron chi connectivity index (χ0n) is 11.8. The number of thiazole rings is 1. The van der Waals surface area contributed by atoms with Gasteiger partial charge in [0.25, 0.3) is 5.91 Å². The number of rotatable bonds is 4. The Labute approximate surface area is 124 Å². The number of alkyl halides is 3. The first-order valence-electron chi connectivity index (χ1n) is 6.72. The highest BCUT2D eigenvalue weighted by molar-refractivity contribution is 7.15. The van der Waals surface area contributed by atoms with Gasteiger partial charge in [0, 0.05) is 4.88 Å². The van der Waals surface area contributed by atoms with Crippen LogP contribution in [0.4, 0.5) is 18.3 Å². The molecule has 1 aliphatic rings. The third kappa shape index (κ3) is 4.67. The second kappa shape index (κ2) is 6.31. The van der Waals surface area contributed by atoms with E-state index >= 15 is 0 Å². The highest BCUT2D eigenvalue weighted by Gasteiger charge is 2.30. The van der Waals surface area contributed by atoms with Gasteiger partial charge in [-0.25, -0.2) is 4.98 Å². The van der Waals surface area contributed by atoms with Crippen LogP contribution >= 0.6 is 11.3 Å². The SMILES string of the molecule is CC1CCc2nc(NC(=O)C(C)OCC(F)(F)F)sc2C1. The summed E-state index contributed by atoms with van der Waals surface area (Å²) in [5.41, 5.74) is 0.984. The maximum Gasteiger partial charge on any atom is 0.411 e. The molecule has 118 valence electrons. The Morgan fingerprint density at radius 2 is 2.29 bits per heavy atom. The van der Waals surface area contributed by atoms with Crippen molar-refractivity contribution in [3.05, 3.63) is 10.6 Å². The molecule has 1 aromatic rings. The first kappa shape index (κ1) is 16.2. The van der Waals surface area contributed by atoms with E-state index < -0.39 is 24.8 Å². The fourth-order valence-electron chi connectivity index (χ4n) is 2.10. The van der Waals surface area contributed by atoms with E-state index in [4.69, 9.17) is 0 Å². The van der Waals surface area contributed by atoms with E-state index in [9.17, 15) is 18.0 Å². The number of amides is 1. The highest BCUT2D eigenvalue weighted by atomic mass is 32.1. The number of hydrogen-bond donors (Lipinski definition) is 1. The van der Waals surface area contributed by atoms with Crippen molar-refractivity contribution >= 4 is 22.4 Å². The van der Waals surface area contributed by atoms with Crippen LogP contribution < -0.4 is 5.32 Å². The number of fused-ring (bicyclic) bond motifs is 1. The van der Waals surface area contributed by atoms with Crippen LogP contribution in [0.1, 0.15) is 30.8 Å². The van der Waals surface area contributed by atoms with Crippen LogP contribution in [0, 0.1) is 5.92 Å². The van der Waals surface area contributed by atoms with Gasteiger partial charge in [-0.3, -0.25) is 10.1 Å². The first-order chi connectivity index (χ1) is 9.74. The quantitative estimate of drug-likeness (QED) is 0.926. The number of nitrogens with zero attached hydrogens (tertiary/aromatic N) is 1. The van der Waals surface area contributed by atoms with Crippen molar-refractivity contribution in [2.24, 2.45) is 5.92 Å². The van der Waals surface area contributed by atoms with Crippen LogP contribution in [0.3, 0.4) is 0 Å². The van der Waals surface area contributed by atoms with Gasteiger partial charge in [0.15, 0.2) is 5.13 Å². The molecule has 1 N–H and O–H groups in total. The van der Waals surface area contributed by atoms with Crippen molar-refractivity contribution in [2.45, 2.75) is 45.4 Å². The van der Waals surface area contributed by atoms with Crippen LogP contribution in [0.2, 0.25) is 0 Å². The number of anilines is 1. The summed E-state index contributed by atoms with van der Waals surface area (Å²) in [4.78, 5) is 17.2. The van der Waals surface area contributed by atoms with Gasteiger partial charge in [-0.05, 0) is 32.1 Å². The van der Waals surface area contributed by atoms with Gasteiger partial charge in [-0.15, -0.1) is 11.3 Å². The van der Waals surface area contributed by atoms with Crippen LogP contribution in [0.15, 0.2) is 0 Å². The Balaban J connectivity index is 1.91. The molecule has 1 heterocycles. The van der Waals surface area contributed by atoms with Gasteiger partial charge in [0.05, 0.1) is 5.69 Å². The lowest BCUT2D eigenvalue weighted by molar-refractivity contribution is -0.184. The lowest BCUT2D eigenvalue weighted by Gasteiger charge is -2.15. The fraction of sp³-hybridized carbons (Fsp3) is 0.692. The zero-order chi connectivity index (χ0) is 15.6. The minimum absolute atomic E-state index is 0.432. The second-order valence-corrected chi connectivity index (χ2v) is 6.38. The molecule has 2 unspecified atom stereocenters. The molecular weight excluding hydrogens is 305 g/mol. The summed E-state index contributed by atoms with van der Waals surface area (Å²) in [6.07, 6.45) is -2.74. The number of nitrogens with one attached hydrogen (secondary N) is 1. The molecule has 0 aliphatic heterocycles. The van der Waals surface area contributed by atoms with Gasteiger partial charge in [-0.2, -0.15) is 13.2 Å². The van der Waals surface area contributed by atoms with E-state index in [0.717, 1.165) is 29.8 Å². The molecule has 0 bridgehead atoms. The van der Waals surface area contributed by atoms with Crippen molar-refractivity contribution in [2.75, 3.05) is 11.9 Å². The molecule has 1 aromatic heterocycles. The van der Waals surface area contributed by atoms with Crippen molar-refractivity contribution in [3.63, 3.8) is 0 Å². The van der Waals surface area contributed by atoms with Gasteiger partial charge in [0.1, 0.15) is 12.7 Å². The number of aromatic nitrogens is 1. The smallest absolute Gasteiger partial charge is 0.359 e. The highest BCUT2D eigenvalue weighted by Crippen LogP contribution is 2.32. The van der Waals surface area contributed by atoms with E-state index in [0.29, 0.717) is 11.0 Å². The maximum atomic E-state index is 12.0. The Bertz CT molecular complexity index is 516. The lowest BCUT2D eigenvalue weighted by atomic mass is 9.93. The van der Waals surface area contributed by atoms with E-state index in [1.165, 1.54) is 18.3 Å². The van der Waals surface area contributed by atoms with Crippen molar-refractivity contribution < 1.29 is 22.7 Å². The Morgan fingerprint density at radius 3 is 2.95 bits per heavy atom. The number of carbonyl (C=O) groups is 1. The molecule has 1 aliphatic carbocycles. The lowest BCUT2D eigenvalue weighted by Crippen LogP contribution is -2.31. The topological polar surface area (TPSA) is 51.2 Å². The number of halogens is 3. The summed E-state index contributed by atoms with van der Waals surface area (Å²) in [7, 11) is 0. The molecule has 1 amide bonds. The summed E-state index contributed by atoms with van der Waals surface area (Å²) in [6.45, 7) is 2.01. The summed E-state index contributed by atoms with van der Waals surface area (Å²) in [5.74, 6) is -0.0195. The Morgan fingerprint density at radius 1 is 1.57 bits per heavy atom. The van der Waals surface area contributed by atoms with Crippen molar-refractivity contribution in [3.8, 4) is 0 Å². The summed E-state index contributed by atoms with van der Waals surface area (Å²) >= 11 is 1.39. The minimum Gasteiger partial charge on any atom is -0.359 e. The van der Waals surface area contributed by atoms with Crippen molar-refractivity contribution in [1.82, 2.24) is 4.98 Å². The monoisotopic (exact) mass is 322 g/mol. The van der Waals surface area contributed by atoms with E-state index in [1.54, 1.807) is 0 Å².